The lowest BCUT2D eigenvalue weighted by molar-refractivity contribution is -0.135. The molecule has 0 heterocycles. The van der Waals surface area contributed by atoms with Crippen LogP contribution in [0.25, 0.3) is 0 Å². The van der Waals surface area contributed by atoms with E-state index in [2.05, 4.69) is 21.2 Å². The second-order valence-corrected chi connectivity index (χ2v) is 7.05. The molecule has 0 aliphatic heterocycles. The van der Waals surface area contributed by atoms with Crippen LogP contribution in [0.2, 0.25) is 0 Å². The minimum absolute atomic E-state index is 0.0798. The number of anilines is 1. The summed E-state index contributed by atoms with van der Waals surface area (Å²) in [4.78, 5) is 37.0. The standard InChI is InChI=1S/C20H21BrN2O4/c1-13-9-16(21)7-8-18(13)22-19(25)11-23(3)20(26)12-27-17-6-4-5-15(10-17)14(2)24/h4-10H,11-12H2,1-3H3,(H,22,25). The number of rotatable bonds is 7. The van der Waals surface area contributed by atoms with Crippen molar-refractivity contribution in [1.29, 1.82) is 0 Å². The van der Waals surface area contributed by atoms with E-state index in [1.807, 2.05) is 19.1 Å². The molecule has 0 aromatic heterocycles. The van der Waals surface area contributed by atoms with Gasteiger partial charge in [0.2, 0.25) is 5.91 Å². The molecule has 2 aromatic carbocycles. The van der Waals surface area contributed by atoms with Crippen LogP contribution >= 0.6 is 15.9 Å². The maximum atomic E-state index is 12.2. The van der Waals surface area contributed by atoms with Crippen LogP contribution < -0.4 is 10.1 Å². The number of nitrogens with zero attached hydrogens (tertiary/aromatic N) is 1. The largest absolute Gasteiger partial charge is 0.484 e. The number of Topliss-reactive ketones (excluding diaryl/α,β-unsaturated/α-hetero) is 1. The Hall–Kier alpha value is -2.67. The monoisotopic (exact) mass is 432 g/mol. The molecule has 0 radical (unpaired) electrons. The van der Waals surface area contributed by atoms with E-state index in [0.717, 1.165) is 10.0 Å². The summed E-state index contributed by atoms with van der Waals surface area (Å²) in [5.74, 6) is -0.288. The summed E-state index contributed by atoms with van der Waals surface area (Å²) in [5.41, 5.74) is 2.12. The van der Waals surface area contributed by atoms with Gasteiger partial charge in [-0.1, -0.05) is 28.1 Å². The van der Waals surface area contributed by atoms with Gasteiger partial charge in [0.1, 0.15) is 5.75 Å². The first-order valence-electron chi connectivity index (χ1n) is 8.30. The van der Waals surface area contributed by atoms with Gasteiger partial charge in [0.05, 0.1) is 6.54 Å². The van der Waals surface area contributed by atoms with Crippen LogP contribution in [0.15, 0.2) is 46.9 Å². The zero-order chi connectivity index (χ0) is 20.0. The minimum atomic E-state index is -0.342. The lowest BCUT2D eigenvalue weighted by Crippen LogP contribution is -2.37. The van der Waals surface area contributed by atoms with Crippen molar-refractivity contribution >= 4 is 39.2 Å². The molecule has 0 saturated carbocycles. The highest BCUT2D eigenvalue weighted by atomic mass is 79.9. The molecule has 2 rings (SSSR count). The smallest absolute Gasteiger partial charge is 0.260 e. The van der Waals surface area contributed by atoms with Crippen LogP contribution in [-0.2, 0) is 9.59 Å². The highest BCUT2D eigenvalue weighted by molar-refractivity contribution is 9.10. The maximum Gasteiger partial charge on any atom is 0.260 e. The average molecular weight is 433 g/mol. The van der Waals surface area contributed by atoms with E-state index in [9.17, 15) is 14.4 Å². The predicted octanol–water partition coefficient (Wildman–Crippen LogP) is 3.44. The van der Waals surface area contributed by atoms with Crippen LogP contribution in [0.3, 0.4) is 0 Å². The van der Waals surface area contributed by atoms with Crippen molar-refractivity contribution < 1.29 is 19.1 Å². The molecule has 27 heavy (non-hydrogen) atoms. The fourth-order valence-corrected chi connectivity index (χ4v) is 2.80. The Morgan fingerprint density at radius 1 is 1.15 bits per heavy atom. The summed E-state index contributed by atoms with van der Waals surface area (Å²) in [6.07, 6.45) is 0. The summed E-state index contributed by atoms with van der Waals surface area (Å²) in [5, 5.41) is 2.78. The lowest BCUT2D eigenvalue weighted by atomic mass is 10.1. The third-order valence-corrected chi connectivity index (χ3v) is 4.37. The van der Waals surface area contributed by atoms with Crippen molar-refractivity contribution in [3.8, 4) is 5.75 Å². The van der Waals surface area contributed by atoms with E-state index in [0.29, 0.717) is 17.0 Å². The Kier molecular flexibility index (Phi) is 7.12. The summed E-state index contributed by atoms with van der Waals surface area (Å²) >= 11 is 3.37. The molecule has 2 aromatic rings. The van der Waals surface area contributed by atoms with E-state index < -0.39 is 0 Å². The normalized spacial score (nSPS) is 10.2. The van der Waals surface area contributed by atoms with Gasteiger partial charge in [-0.3, -0.25) is 14.4 Å². The van der Waals surface area contributed by atoms with Gasteiger partial charge in [-0.25, -0.2) is 0 Å². The third-order valence-electron chi connectivity index (χ3n) is 3.87. The quantitative estimate of drug-likeness (QED) is 0.679. The van der Waals surface area contributed by atoms with E-state index in [4.69, 9.17) is 4.74 Å². The van der Waals surface area contributed by atoms with Gasteiger partial charge in [0.15, 0.2) is 12.4 Å². The van der Waals surface area contributed by atoms with Gasteiger partial charge in [-0.2, -0.15) is 0 Å². The van der Waals surface area contributed by atoms with Crippen LogP contribution in [0.1, 0.15) is 22.8 Å². The summed E-state index contributed by atoms with van der Waals surface area (Å²) in [7, 11) is 1.53. The summed E-state index contributed by atoms with van der Waals surface area (Å²) in [6.45, 7) is 3.04. The number of amides is 2. The molecule has 0 aliphatic rings. The third kappa shape index (κ3) is 6.21. The SMILES string of the molecule is CC(=O)c1cccc(OCC(=O)N(C)CC(=O)Nc2ccc(Br)cc2C)c1. The lowest BCUT2D eigenvalue weighted by Gasteiger charge is -2.18. The number of carbonyl (C=O) groups is 3. The van der Waals surface area contributed by atoms with Crippen molar-refractivity contribution in [3.05, 3.63) is 58.1 Å². The Balaban J connectivity index is 1.86. The predicted molar refractivity (Wildman–Crippen MR) is 107 cm³/mol. The average Bonchev–Trinajstić information content (AvgIpc) is 2.62. The van der Waals surface area contributed by atoms with Gasteiger partial charge in [0, 0.05) is 22.8 Å². The molecular formula is C20H21BrN2O4. The van der Waals surface area contributed by atoms with E-state index in [1.54, 1.807) is 30.3 Å². The molecule has 0 bridgehead atoms. The van der Waals surface area contributed by atoms with Crippen molar-refractivity contribution in [2.75, 3.05) is 25.5 Å². The molecule has 0 unspecified atom stereocenters. The van der Waals surface area contributed by atoms with Gasteiger partial charge >= 0.3 is 0 Å². The second kappa shape index (κ2) is 9.32. The molecule has 0 spiro atoms. The summed E-state index contributed by atoms with van der Waals surface area (Å²) < 4.78 is 6.36. The number of ether oxygens (including phenoxy) is 1. The molecule has 1 N–H and O–H groups in total. The number of likely N-dealkylation sites (N-methyl/N-ethyl adjacent to an activating group) is 1. The molecule has 2 amide bonds. The first kappa shape index (κ1) is 20.6. The Labute approximate surface area is 166 Å². The number of halogens is 1. The van der Waals surface area contributed by atoms with Gasteiger partial charge in [0.25, 0.3) is 5.91 Å². The van der Waals surface area contributed by atoms with Crippen LogP contribution in [-0.4, -0.2) is 42.7 Å². The van der Waals surface area contributed by atoms with Crippen LogP contribution in [0, 0.1) is 6.92 Å². The van der Waals surface area contributed by atoms with E-state index in [1.165, 1.54) is 18.9 Å². The molecule has 0 atom stereocenters. The Morgan fingerprint density at radius 2 is 1.89 bits per heavy atom. The first-order valence-corrected chi connectivity index (χ1v) is 9.09. The highest BCUT2D eigenvalue weighted by Crippen LogP contribution is 2.20. The van der Waals surface area contributed by atoms with Crippen molar-refractivity contribution in [2.45, 2.75) is 13.8 Å². The van der Waals surface area contributed by atoms with E-state index in [-0.39, 0.29) is 30.7 Å². The Morgan fingerprint density at radius 3 is 2.56 bits per heavy atom. The molecular weight excluding hydrogens is 412 g/mol. The topological polar surface area (TPSA) is 75.7 Å². The number of benzene rings is 2. The van der Waals surface area contributed by atoms with Gasteiger partial charge in [-0.05, 0) is 49.7 Å². The molecule has 6 nitrogen and oxygen atoms in total. The molecule has 0 aliphatic carbocycles. The number of hydrogen-bond acceptors (Lipinski definition) is 4. The van der Waals surface area contributed by atoms with Crippen molar-refractivity contribution in [2.24, 2.45) is 0 Å². The van der Waals surface area contributed by atoms with Crippen molar-refractivity contribution in [1.82, 2.24) is 4.90 Å². The summed E-state index contributed by atoms with van der Waals surface area (Å²) in [6, 6.07) is 12.1. The molecule has 0 saturated heterocycles. The van der Waals surface area contributed by atoms with Crippen molar-refractivity contribution in [3.63, 3.8) is 0 Å². The van der Waals surface area contributed by atoms with E-state index >= 15 is 0 Å². The zero-order valence-corrected chi connectivity index (χ0v) is 17.0. The first-order chi connectivity index (χ1) is 12.8. The number of nitrogens with one attached hydrogen (secondary N) is 1. The number of hydrogen-bond donors (Lipinski definition) is 1. The fraction of sp³-hybridized carbons (Fsp3) is 0.250. The maximum absolute atomic E-state index is 12.2. The molecule has 7 heteroatoms. The zero-order valence-electron chi connectivity index (χ0n) is 15.4. The molecule has 0 fully saturated rings. The second-order valence-electron chi connectivity index (χ2n) is 6.13. The minimum Gasteiger partial charge on any atom is -0.484 e. The van der Waals surface area contributed by atoms with Crippen LogP contribution in [0.5, 0.6) is 5.75 Å². The number of ketones is 1. The van der Waals surface area contributed by atoms with Gasteiger partial charge in [-0.15, -0.1) is 0 Å². The number of carbonyl (C=O) groups excluding carboxylic acids is 3. The molecule has 142 valence electrons. The fourth-order valence-electron chi connectivity index (χ4n) is 2.32. The number of aryl methyl sites for hydroxylation is 1. The van der Waals surface area contributed by atoms with Gasteiger partial charge < -0.3 is 15.0 Å². The highest BCUT2D eigenvalue weighted by Gasteiger charge is 2.15. The van der Waals surface area contributed by atoms with Crippen LogP contribution in [0.4, 0.5) is 5.69 Å². The Bertz CT molecular complexity index is 867.